The van der Waals surface area contributed by atoms with Crippen molar-refractivity contribution in [1.29, 1.82) is 0 Å². The van der Waals surface area contributed by atoms with Crippen molar-refractivity contribution in [2.45, 2.75) is 44.2 Å². The molecule has 1 fully saturated rings. The van der Waals surface area contributed by atoms with E-state index in [1.807, 2.05) is 52.9 Å². The number of imidazole rings is 1. The van der Waals surface area contributed by atoms with Gasteiger partial charge in [-0.25, -0.2) is 18.4 Å². The fourth-order valence-corrected chi connectivity index (χ4v) is 6.93. The zero-order valence-electron chi connectivity index (χ0n) is 26.0. The third-order valence-electron chi connectivity index (χ3n) is 7.43. The predicted molar refractivity (Wildman–Crippen MR) is 176 cm³/mol. The van der Waals surface area contributed by atoms with Gasteiger partial charge in [-0.3, -0.25) is 0 Å². The van der Waals surface area contributed by atoms with E-state index < -0.39 is 18.1 Å². The Morgan fingerprint density at radius 1 is 0.955 bits per heavy atom. The van der Waals surface area contributed by atoms with Crippen LogP contribution in [0.2, 0.25) is 25.7 Å². The first-order valence-electron chi connectivity index (χ1n) is 14.7. The third-order valence-corrected chi connectivity index (χ3v) is 11.0. The molecular weight excluding hydrogens is 595 g/mol. The summed E-state index contributed by atoms with van der Waals surface area (Å²) in [5.74, 6) is 2.41. The van der Waals surface area contributed by atoms with Crippen molar-refractivity contribution >= 4 is 35.6 Å². The number of aromatic nitrogens is 4. The number of nitrogens with zero attached hydrogens (tertiary/aromatic N) is 6. The fourth-order valence-electron chi connectivity index (χ4n) is 4.75. The molecule has 5 rings (SSSR count). The average Bonchev–Trinajstić information content (AvgIpc) is 3.49. The fraction of sp³-hybridized carbons (Fsp3) is 0.387. The number of hydrogen-bond acceptors (Lipinski definition) is 9. The van der Waals surface area contributed by atoms with Crippen molar-refractivity contribution in [3.63, 3.8) is 0 Å². The van der Waals surface area contributed by atoms with E-state index in [2.05, 4.69) is 29.9 Å². The van der Waals surface area contributed by atoms with Gasteiger partial charge in [0.25, 0.3) is 0 Å². The first kappa shape index (κ1) is 31.6. The number of rotatable bonds is 12. The van der Waals surface area contributed by atoms with Gasteiger partial charge >= 0.3 is 0 Å². The Labute approximate surface area is 260 Å². The number of piperazine rings is 1. The van der Waals surface area contributed by atoms with Crippen molar-refractivity contribution in [1.82, 2.24) is 23.8 Å². The Bertz CT molecular complexity index is 1650. The predicted octanol–water partition coefficient (Wildman–Crippen LogP) is 5.22. The summed E-state index contributed by atoms with van der Waals surface area (Å²) < 4.78 is 41.3. The smallest absolute Gasteiger partial charge is 0.243 e. The molecule has 13 heteroatoms. The lowest BCUT2D eigenvalue weighted by atomic mass is 10.2. The highest BCUT2D eigenvalue weighted by atomic mass is 32.2. The number of sulfonamides is 1. The lowest BCUT2D eigenvalue weighted by molar-refractivity contribution is 0.0882. The molecule has 11 nitrogen and oxygen atoms in total. The van der Waals surface area contributed by atoms with Crippen LogP contribution in [0.15, 0.2) is 71.9 Å². The molecule has 0 spiro atoms. The number of hydrogen-bond donors (Lipinski definition) is 1. The number of anilines is 3. The molecule has 1 saturated heterocycles. The van der Waals surface area contributed by atoms with Gasteiger partial charge in [0, 0.05) is 65.0 Å². The molecule has 0 unspecified atom stereocenters. The van der Waals surface area contributed by atoms with Crippen LogP contribution < -0.4 is 15.0 Å². The Hall–Kier alpha value is -3.78. The molecule has 2 aromatic carbocycles. The van der Waals surface area contributed by atoms with Gasteiger partial charge in [-0.05, 0) is 49.4 Å². The second-order valence-corrected chi connectivity index (χ2v) is 19.6. The highest BCUT2D eigenvalue weighted by molar-refractivity contribution is 7.89. The zero-order chi connectivity index (χ0) is 31.3. The van der Waals surface area contributed by atoms with Crippen LogP contribution in [0.3, 0.4) is 0 Å². The summed E-state index contributed by atoms with van der Waals surface area (Å²) in [5.41, 5.74) is 2.72. The topological polar surface area (TPSA) is 115 Å². The first-order chi connectivity index (χ1) is 21.0. The summed E-state index contributed by atoms with van der Waals surface area (Å²) in [6, 6.07) is 17.5. The van der Waals surface area contributed by atoms with E-state index in [0.717, 1.165) is 11.7 Å². The monoisotopic (exact) mass is 635 g/mol. The number of benzene rings is 2. The minimum Gasteiger partial charge on any atom is -0.497 e. The Balaban J connectivity index is 1.37. The van der Waals surface area contributed by atoms with E-state index in [-0.39, 0.29) is 4.90 Å². The Kier molecular flexibility index (Phi) is 9.68. The summed E-state index contributed by atoms with van der Waals surface area (Å²) >= 11 is 0. The normalized spacial score (nSPS) is 14.5. The number of nitrogens with one attached hydrogen (secondary N) is 1. The van der Waals surface area contributed by atoms with Gasteiger partial charge in [-0.1, -0.05) is 37.3 Å². The molecule has 3 heterocycles. The van der Waals surface area contributed by atoms with Gasteiger partial charge in [0.1, 0.15) is 24.0 Å². The third kappa shape index (κ3) is 7.83. The minimum absolute atomic E-state index is 0.244. The molecular formula is C31H41N7O4SSi. The maximum atomic E-state index is 13.3. The summed E-state index contributed by atoms with van der Waals surface area (Å²) in [7, 11) is -3.29. The van der Waals surface area contributed by atoms with Gasteiger partial charge in [-0.15, -0.1) is 0 Å². The van der Waals surface area contributed by atoms with Crippen LogP contribution in [-0.4, -0.2) is 80.2 Å². The molecule has 0 aliphatic carbocycles. The van der Waals surface area contributed by atoms with Gasteiger partial charge in [-0.2, -0.15) is 9.29 Å². The second kappa shape index (κ2) is 13.5. The molecule has 0 radical (unpaired) electrons. The van der Waals surface area contributed by atoms with Gasteiger partial charge < -0.3 is 24.3 Å². The van der Waals surface area contributed by atoms with Crippen molar-refractivity contribution in [2.75, 3.05) is 50.1 Å². The quantitative estimate of drug-likeness (QED) is 0.165. The van der Waals surface area contributed by atoms with Crippen molar-refractivity contribution in [3.8, 4) is 17.3 Å². The zero-order valence-corrected chi connectivity index (χ0v) is 27.8. The van der Waals surface area contributed by atoms with Crippen LogP contribution in [0, 0.1) is 6.92 Å². The van der Waals surface area contributed by atoms with E-state index >= 15 is 0 Å². The van der Waals surface area contributed by atoms with Crippen LogP contribution >= 0.6 is 0 Å². The van der Waals surface area contributed by atoms with E-state index in [9.17, 15) is 8.42 Å². The molecule has 0 bridgehead atoms. The number of aryl methyl sites for hydroxylation is 1. The SMILES string of the molecule is COc1ccc(S(=O)(=O)N2CCN(c3nc(Nc4ccc(C)cc4)cc(-c4nccn4COCC[Si](C)(C)C)n3)CC2)cc1. The first-order valence-corrected chi connectivity index (χ1v) is 19.9. The molecule has 1 aliphatic heterocycles. The van der Waals surface area contributed by atoms with Gasteiger partial charge in [0.15, 0.2) is 5.82 Å². The second-order valence-electron chi connectivity index (χ2n) is 12.1. The standard InChI is InChI=1S/C31H41N7O4SSi/c1-24-6-8-25(9-7-24)33-29-22-28(30-32-14-15-37(30)23-42-20-21-44(3,4)5)34-31(35-29)36-16-18-38(19-17-36)43(39,40)27-12-10-26(41-2)11-13-27/h6-15,22H,16-21,23H2,1-5H3,(H,33,34,35). The van der Waals surface area contributed by atoms with Crippen molar-refractivity contribution < 1.29 is 17.9 Å². The number of ether oxygens (including phenoxy) is 2. The minimum atomic E-state index is -3.64. The summed E-state index contributed by atoms with van der Waals surface area (Å²) in [6.07, 6.45) is 3.64. The van der Waals surface area contributed by atoms with E-state index in [0.29, 0.717) is 68.6 Å². The molecule has 44 heavy (non-hydrogen) atoms. The summed E-state index contributed by atoms with van der Waals surface area (Å²) in [6.45, 7) is 11.6. The molecule has 4 aromatic rings. The molecule has 0 atom stereocenters. The molecule has 234 valence electrons. The van der Waals surface area contributed by atoms with Crippen LogP contribution in [0.5, 0.6) is 5.75 Å². The summed E-state index contributed by atoms with van der Waals surface area (Å²) in [5, 5.41) is 3.41. The van der Waals surface area contributed by atoms with Crippen LogP contribution in [0.25, 0.3) is 11.5 Å². The van der Waals surface area contributed by atoms with Crippen LogP contribution in [0.1, 0.15) is 5.56 Å². The highest BCUT2D eigenvalue weighted by Gasteiger charge is 2.30. The maximum Gasteiger partial charge on any atom is 0.243 e. The molecule has 2 aromatic heterocycles. The van der Waals surface area contributed by atoms with Crippen LogP contribution in [-0.2, 0) is 21.5 Å². The Morgan fingerprint density at radius 2 is 1.66 bits per heavy atom. The molecule has 1 aliphatic rings. The van der Waals surface area contributed by atoms with Gasteiger partial charge in [0.05, 0.1) is 12.0 Å². The lowest BCUT2D eigenvalue weighted by Gasteiger charge is -2.34. The molecule has 0 saturated carbocycles. The average molecular weight is 636 g/mol. The largest absolute Gasteiger partial charge is 0.497 e. The van der Waals surface area contributed by atoms with Crippen molar-refractivity contribution in [3.05, 3.63) is 72.6 Å². The molecule has 0 amide bonds. The van der Waals surface area contributed by atoms with E-state index in [4.69, 9.17) is 19.4 Å². The maximum absolute atomic E-state index is 13.3. The van der Waals surface area contributed by atoms with Crippen LogP contribution in [0.4, 0.5) is 17.5 Å². The van der Waals surface area contributed by atoms with E-state index in [1.165, 1.54) is 9.87 Å². The van der Waals surface area contributed by atoms with E-state index in [1.54, 1.807) is 37.6 Å². The lowest BCUT2D eigenvalue weighted by Crippen LogP contribution is -2.49. The number of methoxy groups -OCH3 is 1. The summed E-state index contributed by atoms with van der Waals surface area (Å²) in [4.78, 5) is 16.6. The molecule has 1 N–H and O–H groups in total. The Morgan fingerprint density at radius 3 is 2.32 bits per heavy atom. The van der Waals surface area contributed by atoms with Crippen molar-refractivity contribution in [2.24, 2.45) is 0 Å². The highest BCUT2D eigenvalue weighted by Crippen LogP contribution is 2.27. The van der Waals surface area contributed by atoms with Gasteiger partial charge in [0.2, 0.25) is 16.0 Å².